The van der Waals surface area contributed by atoms with Crippen LogP contribution in [0, 0.1) is 0 Å². The quantitative estimate of drug-likeness (QED) is 0.776. The first kappa shape index (κ1) is 11.7. The van der Waals surface area contributed by atoms with Gasteiger partial charge in [0.25, 0.3) is 0 Å². The summed E-state index contributed by atoms with van der Waals surface area (Å²) in [5.74, 6) is 1.25. The van der Waals surface area contributed by atoms with Crippen molar-refractivity contribution in [2.45, 2.75) is 19.8 Å². The van der Waals surface area contributed by atoms with Crippen LogP contribution in [-0.2, 0) is 6.42 Å². The van der Waals surface area contributed by atoms with E-state index in [1.54, 1.807) is 6.20 Å². The lowest BCUT2D eigenvalue weighted by Crippen LogP contribution is -1.93. The summed E-state index contributed by atoms with van der Waals surface area (Å²) in [5, 5.41) is 4.95. The Morgan fingerprint density at radius 3 is 2.89 bits per heavy atom. The molecule has 0 atom stereocenters. The molecular weight excluding hydrogens is 238 g/mol. The second-order valence-electron chi connectivity index (χ2n) is 4.50. The highest BCUT2D eigenvalue weighted by Crippen LogP contribution is 2.33. The van der Waals surface area contributed by atoms with Gasteiger partial charge in [-0.15, -0.1) is 0 Å². The second-order valence-corrected chi connectivity index (χ2v) is 4.50. The molecule has 0 spiro atoms. The van der Waals surface area contributed by atoms with Crippen LogP contribution in [0.1, 0.15) is 18.9 Å². The Morgan fingerprint density at radius 1 is 1.21 bits per heavy atom. The zero-order valence-electron chi connectivity index (χ0n) is 10.8. The summed E-state index contributed by atoms with van der Waals surface area (Å²) >= 11 is 0. The Labute approximate surface area is 111 Å². The molecular formula is C15H15N3O. The third-order valence-corrected chi connectivity index (χ3v) is 3.21. The maximum Gasteiger partial charge on any atom is 0.172 e. The zero-order chi connectivity index (χ0) is 13.2. The van der Waals surface area contributed by atoms with Crippen LogP contribution in [0.25, 0.3) is 22.2 Å². The van der Waals surface area contributed by atoms with Crippen LogP contribution in [0.2, 0.25) is 0 Å². The van der Waals surface area contributed by atoms with Crippen molar-refractivity contribution in [1.82, 2.24) is 10.1 Å². The summed E-state index contributed by atoms with van der Waals surface area (Å²) in [5.41, 5.74) is 8.81. The molecule has 0 radical (unpaired) electrons. The van der Waals surface area contributed by atoms with Crippen molar-refractivity contribution in [3.05, 3.63) is 42.1 Å². The van der Waals surface area contributed by atoms with Gasteiger partial charge in [0.1, 0.15) is 0 Å². The van der Waals surface area contributed by atoms with E-state index in [9.17, 15) is 0 Å². The Hall–Kier alpha value is -2.36. The Morgan fingerprint density at radius 2 is 2.05 bits per heavy atom. The van der Waals surface area contributed by atoms with E-state index in [2.05, 4.69) is 17.1 Å². The highest BCUT2D eigenvalue weighted by atomic mass is 16.5. The van der Waals surface area contributed by atoms with Gasteiger partial charge < -0.3 is 10.3 Å². The Kier molecular flexibility index (Phi) is 2.91. The summed E-state index contributed by atoms with van der Waals surface area (Å²) < 4.78 is 5.44. The van der Waals surface area contributed by atoms with E-state index in [0.717, 1.165) is 40.6 Å². The van der Waals surface area contributed by atoms with Crippen molar-refractivity contribution in [3.8, 4) is 11.3 Å². The fourth-order valence-electron chi connectivity index (χ4n) is 2.32. The zero-order valence-corrected chi connectivity index (χ0v) is 10.8. The molecule has 0 aliphatic rings. The summed E-state index contributed by atoms with van der Waals surface area (Å²) in [6.45, 7) is 2.11. The minimum Gasteiger partial charge on any atom is -0.381 e. The molecule has 2 heterocycles. The second kappa shape index (κ2) is 4.72. The Bertz CT molecular complexity index is 713. The molecule has 4 heteroatoms. The number of pyridine rings is 1. The van der Waals surface area contributed by atoms with Gasteiger partial charge in [0.15, 0.2) is 11.6 Å². The van der Waals surface area contributed by atoms with Gasteiger partial charge in [-0.05, 0) is 18.6 Å². The fourth-order valence-corrected chi connectivity index (χ4v) is 2.32. The number of benzene rings is 1. The van der Waals surface area contributed by atoms with Gasteiger partial charge in [0.05, 0.1) is 5.52 Å². The minimum absolute atomic E-state index is 0.484. The number of anilines is 1. The summed E-state index contributed by atoms with van der Waals surface area (Å²) in [4.78, 5) is 4.36. The number of rotatable bonds is 3. The third kappa shape index (κ3) is 1.95. The van der Waals surface area contributed by atoms with E-state index in [1.807, 2.05) is 30.3 Å². The van der Waals surface area contributed by atoms with Crippen LogP contribution < -0.4 is 5.73 Å². The van der Waals surface area contributed by atoms with Gasteiger partial charge in [-0.1, -0.05) is 36.7 Å². The predicted molar refractivity (Wildman–Crippen MR) is 75.6 cm³/mol. The molecule has 0 amide bonds. The largest absolute Gasteiger partial charge is 0.381 e. The van der Waals surface area contributed by atoms with Crippen LogP contribution in [0.15, 0.2) is 41.1 Å². The van der Waals surface area contributed by atoms with Crippen LogP contribution in [-0.4, -0.2) is 10.1 Å². The molecule has 2 aromatic heterocycles. The smallest absolute Gasteiger partial charge is 0.172 e. The molecule has 4 nitrogen and oxygen atoms in total. The molecule has 0 saturated heterocycles. The first-order chi connectivity index (χ1) is 9.31. The molecule has 3 rings (SSSR count). The number of hydrogen-bond acceptors (Lipinski definition) is 4. The van der Waals surface area contributed by atoms with Crippen molar-refractivity contribution < 1.29 is 4.52 Å². The summed E-state index contributed by atoms with van der Waals surface area (Å²) in [6.07, 6.45) is 3.65. The number of nitrogens with zero attached hydrogens (tertiary/aromatic N) is 2. The molecule has 0 aliphatic carbocycles. The molecule has 0 fully saturated rings. The van der Waals surface area contributed by atoms with Crippen LogP contribution in [0.4, 0.5) is 5.82 Å². The van der Waals surface area contributed by atoms with E-state index < -0.39 is 0 Å². The number of nitrogen functional groups attached to an aromatic ring is 1. The highest BCUT2D eigenvalue weighted by Gasteiger charge is 2.16. The molecule has 0 bridgehead atoms. The molecule has 2 N–H and O–H groups in total. The fraction of sp³-hybridized carbons (Fsp3) is 0.200. The topological polar surface area (TPSA) is 64.9 Å². The standard InChI is InChI=1S/C15H15N3O/c1-2-5-12-14(19-18-15(12)16)11-8-9-17-13-7-4-3-6-10(11)13/h3-4,6-9H,2,5H2,1H3,(H2,16,18). The number of aromatic nitrogens is 2. The van der Waals surface area contributed by atoms with E-state index >= 15 is 0 Å². The number of nitrogens with two attached hydrogens (primary N) is 1. The van der Waals surface area contributed by atoms with E-state index in [0.29, 0.717) is 5.82 Å². The first-order valence-corrected chi connectivity index (χ1v) is 6.39. The van der Waals surface area contributed by atoms with Gasteiger partial charge in [0, 0.05) is 22.7 Å². The predicted octanol–water partition coefficient (Wildman–Crippen LogP) is 3.42. The van der Waals surface area contributed by atoms with Crippen LogP contribution >= 0.6 is 0 Å². The van der Waals surface area contributed by atoms with Gasteiger partial charge in [-0.25, -0.2) is 0 Å². The van der Waals surface area contributed by atoms with Crippen molar-refractivity contribution in [3.63, 3.8) is 0 Å². The normalized spacial score (nSPS) is 11.0. The van der Waals surface area contributed by atoms with Crippen molar-refractivity contribution in [2.24, 2.45) is 0 Å². The first-order valence-electron chi connectivity index (χ1n) is 6.39. The third-order valence-electron chi connectivity index (χ3n) is 3.21. The molecule has 19 heavy (non-hydrogen) atoms. The molecule has 1 aromatic carbocycles. The number of fused-ring (bicyclic) bond motifs is 1. The van der Waals surface area contributed by atoms with Crippen molar-refractivity contribution in [2.75, 3.05) is 5.73 Å². The molecule has 0 unspecified atom stereocenters. The molecule has 3 aromatic rings. The lowest BCUT2D eigenvalue weighted by atomic mass is 10.0. The molecule has 0 aliphatic heterocycles. The minimum atomic E-state index is 0.484. The average Bonchev–Trinajstić information content (AvgIpc) is 2.80. The average molecular weight is 253 g/mol. The molecule has 0 saturated carbocycles. The SMILES string of the molecule is CCCc1c(N)noc1-c1ccnc2ccccc12. The van der Waals surface area contributed by atoms with Gasteiger partial charge >= 0.3 is 0 Å². The lowest BCUT2D eigenvalue weighted by molar-refractivity contribution is 0.435. The van der Waals surface area contributed by atoms with Gasteiger partial charge in [-0.3, -0.25) is 4.98 Å². The monoisotopic (exact) mass is 253 g/mol. The maximum absolute atomic E-state index is 5.89. The van der Waals surface area contributed by atoms with Crippen molar-refractivity contribution in [1.29, 1.82) is 0 Å². The van der Waals surface area contributed by atoms with E-state index in [1.165, 1.54) is 0 Å². The van der Waals surface area contributed by atoms with E-state index in [-0.39, 0.29) is 0 Å². The summed E-state index contributed by atoms with van der Waals surface area (Å²) in [7, 11) is 0. The number of hydrogen-bond donors (Lipinski definition) is 1. The van der Waals surface area contributed by atoms with Gasteiger partial charge in [-0.2, -0.15) is 0 Å². The van der Waals surface area contributed by atoms with Crippen LogP contribution in [0.3, 0.4) is 0 Å². The molecule has 96 valence electrons. The maximum atomic E-state index is 5.89. The highest BCUT2D eigenvalue weighted by molar-refractivity contribution is 5.93. The van der Waals surface area contributed by atoms with E-state index in [4.69, 9.17) is 10.3 Å². The van der Waals surface area contributed by atoms with Crippen molar-refractivity contribution >= 4 is 16.7 Å². The van der Waals surface area contributed by atoms with Gasteiger partial charge in [0.2, 0.25) is 0 Å². The number of para-hydroxylation sites is 1. The Balaban J connectivity index is 2.25. The van der Waals surface area contributed by atoms with Crippen LogP contribution in [0.5, 0.6) is 0 Å². The lowest BCUT2D eigenvalue weighted by Gasteiger charge is -2.04. The summed E-state index contributed by atoms with van der Waals surface area (Å²) in [6, 6.07) is 9.93.